The van der Waals surface area contributed by atoms with Crippen LogP contribution in [0.4, 0.5) is 5.69 Å². The number of nitrogens with zero attached hydrogens (tertiary/aromatic N) is 1. The van der Waals surface area contributed by atoms with Crippen molar-refractivity contribution in [1.29, 1.82) is 0 Å². The van der Waals surface area contributed by atoms with Crippen LogP contribution >= 0.6 is 29.9 Å². The Kier molecular flexibility index (Phi) is 5.74. The minimum Gasteiger partial charge on any atom is -0.258 e. The van der Waals surface area contributed by atoms with E-state index in [4.69, 9.17) is 0 Å². The lowest BCUT2D eigenvalue weighted by atomic mass is 10.3. The number of benzene rings is 4. The molecule has 0 aliphatic heterocycles. The number of nitro groups is 1. The van der Waals surface area contributed by atoms with E-state index < -0.39 is 7.26 Å². The number of hydrogen-bond donors (Lipinski definition) is 0. The summed E-state index contributed by atoms with van der Waals surface area (Å²) in [6, 6.07) is 36.6. The first-order valence-electron chi connectivity index (χ1n) is 9.15. The van der Waals surface area contributed by atoms with E-state index in [9.17, 15) is 10.1 Å². The lowest BCUT2D eigenvalue weighted by molar-refractivity contribution is -0.385. The fraction of sp³-hybridized carbons (Fsp3) is 0. The Bertz CT molecular complexity index is 1040. The van der Waals surface area contributed by atoms with Crippen molar-refractivity contribution < 1.29 is 4.92 Å². The highest BCUT2D eigenvalue weighted by Gasteiger charge is 2.50. The summed E-state index contributed by atoms with van der Waals surface area (Å²) < 4.78 is 0.694. The Balaban J connectivity index is 2.19. The monoisotopic (exact) mass is 510 g/mol. The van der Waals surface area contributed by atoms with Gasteiger partial charge in [0, 0.05) is 6.07 Å². The predicted octanol–water partition coefficient (Wildman–Crippen LogP) is 4.82. The maximum atomic E-state index is 11.7. The maximum absolute atomic E-state index is 11.7. The molecule has 0 saturated heterocycles. The Morgan fingerprint density at radius 1 is 0.621 bits per heavy atom. The molecule has 142 valence electrons. The highest BCUT2D eigenvalue weighted by Crippen LogP contribution is 2.55. The molecule has 3 nitrogen and oxygen atoms in total. The van der Waals surface area contributed by atoms with Crippen molar-refractivity contribution in [2.45, 2.75) is 0 Å². The fourth-order valence-corrected chi connectivity index (χ4v) is 9.67. The van der Waals surface area contributed by atoms with Gasteiger partial charge in [-0.1, -0.05) is 60.7 Å². The summed E-state index contributed by atoms with van der Waals surface area (Å²) in [5.74, 6) is 0. The van der Waals surface area contributed by atoms with Gasteiger partial charge in [0.25, 0.3) is 5.69 Å². The van der Waals surface area contributed by atoms with Gasteiger partial charge in [0.15, 0.2) is 0 Å². The highest BCUT2D eigenvalue weighted by molar-refractivity contribution is 14.1. The van der Waals surface area contributed by atoms with Crippen molar-refractivity contribution in [1.82, 2.24) is 0 Å². The van der Waals surface area contributed by atoms with Crippen LogP contribution in [0.25, 0.3) is 0 Å². The molecule has 0 aromatic heterocycles. The van der Waals surface area contributed by atoms with Crippen molar-refractivity contribution in [2.75, 3.05) is 0 Å². The quantitative estimate of drug-likeness (QED) is 0.167. The second-order valence-corrected chi connectivity index (χ2v) is 11.0. The Morgan fingerprint density at radius 3 is 1.41 bits per heavy atom. The van der Waals surface area contributed by atoms with E-state index in [2.05, 4.69) is 65.1 Å². The van der Waals surface area contributed by atoms with Crippen LogP contribution in [0.1, 0.15) is 0 Å². The van der Waals surface area contributed by atoms with Crippen molar-refractivity contribution in [2.24, 2.45) is 0 Å². The van der Waals surface area contributed by atoms with Crippen LogP contribution in [0.2, 0.25) is 0 Å². The SMILES string of the molecule is O=[N+]([O-])c1cccc([P+](c2ccccc2)(c2ccccc2)c2ccccc2)c1I. The molecular weight excluding hydrogens is 492 g/mol. The van der Waals surface area contributed by atoms with Crippen LogP contribution in [0, 0.1) is 13.7 Å². The smallest absolute Gasteiger partial charge is 0.258 e. The maximum Gasteiger partial charge on any atom is 0.286 e. The standard InChI is InChI=1S/C24H18INO2P/c25-24-22(26(27)28)17-10-18-23(24)29(19-11-4-1-5-12-19,20-13-6-2-7-14-20)21-15-8-3-9-16-21/h1-18H/q+1. The minimum atomic E-state index is -2.32. The molecule has 0 aliphatic rings. The van der Waals surface area contributed by atoms with Gasteiger partial charge in [0.2, 0.25) is 0 Å². The van der Waals surface area contributed by atoms with Gasteiger partial charge >= 0.3 is 0 Å². The molecule has 0 N–H and O–H groups in total. The zero-order valence-corrected chi connectivity index (χ0v) is 18.5. The Morgan fingerprint density at radius 2 is 1.03 bits per heavy atom. The summed E-state index contributed by atoms with van der Waals surface area (Å²) in [7, 11) is -2.32. The molecule has 0 amide bonds. The van der Waals surface area contributed by atoms with Crippen LogP contribution in [0.5, 0.6) is 0 Å². The first kappa shape index (κ1) is 19.7. The van der Waals surface area contributed by atoms with Crippen LogP contribution in [0.3, 0.4) is 0 Å². The van der Waals surface area contributed by atoms with Crippen molar-refractivity contribution in [3.63, 3.8) is 0 Å². The highest BCUT2D eigenvalue weighted by atomic mass is 127. The van der Waals surface area contributed by atoms with Crippen LogP contribution in [-0.2, 0) is 0 Å². The van der Waals surface area contributed by atoms with Gasteiger partial charge in [0.1, 0.15) is 32.1 Å². The van der Waals surface area contributed by atoms with Gasteiger partial charge in [-0.15, -0.1) is 0 Å². The van der Waals surface area contributed by atoms with Crippen LogP contribution < -0.4 is 21.2 Å². The number of rotatable bonds is 5. The Labute approximate surface area is 184 Å². The number of hydrogen-bond acceptors (Lipinski definition) is 2. The largest absolute Gasteiger partial charge is 0.286 e. The van der Waals surface area contributed by atoms with Gasteiger partial charge < -0.3 is 0 Å². The van der Waals surface area contributed by atoms with Gasteiger partial charge in [-0.3, -0.25) is 10.1 Å². The molecule has 0 spiro atoms. The summed E-state index contributed by atoms with van der Waals surface area (Å²) in [5, 5.41) is 16.3. The van der Waals surface area contributed by atoms with Crippen LogP contribution in [0.15, 0.2) is 109 Å². The van der Waals surface area contributed by atoms with Crippen LogP contribution in [-0.4, -0.2) is 4.92 Å². The van der Waals surface area contributed by atoms with Gasteiger partial charge in [-0.25, -0.2) is 0 Å². The third-order valence-electron chi connectivity index (χ3n) is 4.95. The van der Waals surface area contributed by atoms with E-state index in [1.165, 1.54) is 15.9 Å². The van der Waals surface area contributed by atoms with Gasteiger partial charge in [-0.2, -0.15) is 0 Å². The van der Waals surface area contributed by atoms with E-state index in [0.717, 1.165) is 5.30 Å². The lowest BCUT2D eigenvalue weighted by Gasteiger charge is -2.28. The third-order valence-corrected chi connectivity index (χ3v) is 10.8. The molecule has 0 heterocycles. The zero-order valence-electron chi connectivity index (χ0n) is 15.5. The summed E-state index contributed by atoms with van der Waals surface area (Å²) in [6.45, 7) is 0. The molecule has 0 atom stereocenters. The van der Waals surface area contributed by atoms with Crippen molar-refractivity contribution in [3.8, 4) is 0 Å². The van der Waals surface area contributed by atoms with Gasteiger partial charge in [0.05, 0.1) is 4.92 Å². The predicted molar refractivity (Wildman–Crippen MR) is 131 cm³/mol. The topological polar surface area (TPSA) is 43.1 Å². The molecule has 5 heteroatoms. The average Bonchev–Trinajstić information content (AvgIpc) is 2.77. The van der Waals surface area contributed by atoms with E-state index in [0.29, 0.717) is 3.57 Å². The molecule has 0 unspecified atom stereocenters. The first-order chi connectivity index (χ1) is 14.2. The van der Waals surface area contributed by atoms with Gasteiger partial charge in [-0.05, 0) is 65.1 Å². The summed E-state index contributed by atoms with van der Waals surface area (Å²) in [6.07, 6.45) is 0. The minimum absolute atomic E-state index is 0.148. The molecule has 4 aromatic carbocycles. The summed E-state index contributed by atoms with van der Waals surface area (Å²) >= 11 is 2.15. The second-order valence-electron chi connectivity index (χ2n) is 6.54. The average molecular weight is 510 g/mol. The summed E-state index contributed by atoms with van der Waals surface area (Å²) in [4.78, 5) is 11.4. The molecule has 29 heavy (non-hydrogen) atoms. The fourth-order valence-electron chi connectivity index (χ4n) is 3.73. The second kappa shape index (κ2) is 8.44. The lowest BCUT2D eigenvalue weighted by Crippen LogP contribution is -2.39. The third kappa shape index (κ3) is 3.47. The van der Waals surface area contributed by atoms with E-state index in [-0.39, 0.29) is 10.6 Å². The zero-order chi connectivity index (χ0) is 20.3. The normalized spacial score (nSPS) is 11.2. The number of nitro benzene ring substituents is 1. The molecular formula is C24H18INO2P+. The molecule has 0 fully saturated rings. The van der Waals surface area contributed by atoms with E-state index in [1.54, 1.807) is 12.1 Å². The van der Waals surface area contributed by atoms with Crippen molar-refractivity contribution >= 4 is 56.8 Å². The molecule has 0 bridgehead atoms. The number of halogens is 1. The van der Waals surface area contributed by atoms with E-state index >= 15 is 0 Å². The van der Waals surface area contributed by atoms with Crippen molar-refractivity contribution in [3.05, 3.63) is 123 Å². The molecule has 0 aliphatic carbocycles. The summed E-state index contributed by atoms with van der Waals surface area (Å²) in [5.41, 5.74) is 0.148. The van der Waals surface area contributed by atoms with E-state index in [1.807, 2.05) is 54.6 Å². The Hall–Kier alpha value is -2.56. The first-order valence-corrected chi connectivity index (χ1v) is 12.0. The molecule has 0 saturated carbocycles. The molecule has 4 rings (SSSR count). The molecule has 4 aromatic rings. The molecule has 0 radical (unpaired) electrons.